The molecule has 1 aromatic heterocycles. The van der Waals surface area contributed by atoms with Gasteiger partial charge in [0.25, 0.3) is 0 Å². The van der Waals surface area contributed by atoms with Gasteiger partial charge in [-0.15, -0.1) is 0 Å². The lowest BCUT2D eigenvalue weighted by molar-refractivity contribution is -0.138. The predicted octanol–water partition coefficient (Wildman–Crippen LogP) is 0.758. The number of carbonyl (C=O) groups excluding carboxylic acids is 1. The maximum absolute atomic E-state index is 12.2. The van der Waals surface area contributed by atoms with Gasteiger partial charge in [-0.1, -0.05) is 0 Å². The number of H-pyrrole nitrogens is 1. The van der Waals surface area contributed by atoms with Crippen molar-refractivity contribution in [2.45, 2.75) is 19.4 Å². The molecule has 0 saturated carbocycles. The van der Waals surface area contributed by atoms with Crippen LogP contribution in [0.4, 0.5) is 4.79 Å². The molecule has 0 aliphatic carbocycles. The summed E-state index contributed by atoms with van der Waals surface area (Å²) in [5.41, 5.74) is 0.942. The van der Waals surface area contributed by atoms with E-state index in [4.69, 9.17) is 5.11 Å². The molecule has 0 radical (unpaired) electrons. The SMILES string of the molecule is CN(Cc1cn[nH]c1)C(=O)N1CCC(CC(=O)O)C1. The number of likely N-dealkylation sites (tertiary alicyclic amines) is 1. The Morgan fingerprint density at radius 2 is 2.42 bits per heavy atom. The third kappa shape index (κ3) is 3.46. The maximum Gasteiger partial charge on any atom is 0.320 e. The molecule has 2 heterocycles. The number of urea groups is 1. The van der Waals surface area contributed by atoms with Gasteiger partial charge in [0.2, 0.25) is 0 Å². The smallest absolute Gasteiger partial charge is 0.320 e. The lowest BCUT2D eigenvalue weighted by Crippen LogP contribution is -2.39. The summed E-state index contributed by atoms with van der Waals surface area (Å²) >= 11 is 0. The summed E-state index contributed by atoms with van der Waals surface area (Å²) in [5, 5.41) is 15.3. The van der Waals surface area contributed by atoms with E-state index in [0.29, 0.717) is 19.6 Å². The van der Waals surface area contributed by atoms with Crippen LogP contribution in [-0.4, -0.2) is 57.2 Å². The summed E-state index contributed by atoms with van der Waals surface area (Å²) in [5.74, 6) is -0.727. The van der Waals surface area contributed by atoms with Crippen LogP contribution in [0.15, 0.2) is 12.4 Å². The number of aliphatic carboxylic acids is 1. The molecule has 0 bridgehead atoms. The number of hydrogen-bond donors (Lipinski definition) is 2. The number of aromatic nitrogens is 2. The van der Waals surface area contributed by atoms with Gasteiger partial charge in [0.15, 0.2) is 0 Å². The van der Waals surface area contributed by atoms with Gasteiger partial charge in [-0.3, -0.25) is 9.89 Å². The summed E-state index contributed by atoms with van der Waals surface area (Å²) in [6.07, 6.45) is 4.33. The zero-order valence-corrected chi connectivity index (χ0v) is 10.9. The first kappa shape index (κ1) is 13.4. The molecule has 1 fully saturated rings. The summed E-state index contributed by atoms with van der Waals surface area (Å²) in [7, 11) is 1.74. The Kier molecular flexibility index (Phi) is 4.03. The van der Waals surface area contributed by atoms with E-state index in [0.717, 1.165) is 12.0 Å². The number of carbonyl (C=O) groups is 2. The lowest BCUT2D eigenvalue weighted by atomic mass is 10.1. The molecule has 1 aromatic rings. The lowest BCUT2D eigenvalue weighted by Gasteiger charge is -2.24. The highest BCUT2D eigenvalue weighted by molar-refractivity contribution is 5.74. The third-order valence-corrected chi connectivity index (χ3v) is 3.32. The molecule has 1 aliphatic heterocycles. The van der Waals surface area contributed by atoms with E-state index >= 15 is 0 Å². The third-order valence-electron chi connectivity index (χ3n) is 3.32. The Hall–Kier alpha value is -2.05. The topological polar surface area (TPSA) is 89.5 Å². The molecule has 2 N–H and O–H groups in total. The molecule has 0 aromatic carbocycles. The van der Waals surface area contributed by atoms with Gasteiger partial charge in [0.1, 0.15) is 0 Å². The van der Waals surface area contributed by atoms with Crippen LogP contribution >= 0.6 is 0 Å². The predicted molar refractivity (Wildman–Crippen MR) is 67.4 cm³/mol. The highest BCUT2D eigenvalue weighted by Gasteiger charge is 2.29. The minimum absolute atomic E-state index is 0.0610. The Morgan fingerprint density at radius 3 is 3.05 bits per heavy atom. The van der Waals surface area contributed by atoms with Crippen LogP contribution in [0.25, 0.3) is 0 Å². The van der Waals surface area contributed by atoms with Crippen LogP contribution < -0.4 is 0 Å². The fourth-order valence-corrected chi connectivity index (χ4v) is 2.37. The summed E-state index contributed by atoms with van der Waals surface area (Å²) < 4.78 is 0. The molecule has 0 spiro atoms. The standard InChI is InChI=1S/C12H18N4O3/c1-15(7-10-5-13-14-6-10)12(19)16-3-2-9(8-16)4-11(17)18/h5-6,9H,2-4,7-8H2,1H3,(H,13,14)(H,17,18). The van der Waals surface area contributed by atoms with Crippen LogP contribution in [0.1, 0.15) is 18.4 Å². The number of carboxylic acid groups (broad SMARTS) is 1. The second kappa shape index (κ2) is 5.73. The average Bonchev–Trinajstić information content (AvgIpc) is 2.98. The van der Waals surface area contributed by atoms with E-state index in [9.17, 15) is 9.59 Å². The molecule has 1 unspecified atom stereocenters. The van der Waals surface area contributed by atoms with Crippen molar-refractivity contribution in [1.29, 1.82) is 0 Å². The summed E-state index contributed by atoms with van der Waals surface area (Å²) in [4.78, 5) is 26.2. The zero-order valence-electron chi connectivity index (χ0n) is 10.9. The molecule has 1 aliphatic rings. The Labute approximate surface area is 111 Å². The normalized spacial score (nSPS) is 18.6. The number of nitrogens with one attached hydrogen (secondary N) is 1. The summed E-state index contributed by atoms with van der Waals surface area (Å²) in [6.45, 7) is 1.66. The molecule has 1 saturated heterocycles. The van der Waals surface area contributed by atoms with Gasteiger partial charge in [-0.2, -0.15) is 5.10 Å². The fourth-order valence-electron chi connectivity index (χ4n) is 2.37. The van der Waals surface area contributed by atoms with Gasteiger partial charge in [0.05, 0.1) is 12.7 Å². The minimum Gasteiger partial charge on any atom is -0.481 e. The number of aromatic amines is 1. The Bertz CT molecular complexity index is 446. The largest absolute Gasteiger partial charge is 0.481 e. The monoisotopic (exact) mass is 266 g/mol. The number of nitrogens with zero attached hydrogens (tertiary/aromatic N) is 3. The van der Waals surface area contributed by atoms with Gasteiger partial charge in [-0.05, 0) is 12.3 Å². The Morgan fingerprint density at radius 1 is 1.63 bits per heavy atom. The van der Waals surface area contributed by atoms with Crippen LogP contribution in [0.2, 0.25) is 0 Å². The highest BCUT2D eigenvalue weighted by Crippen LogP contribution is 2.20. The molecule has 19 heavy (non-hydrogen) atoms. The molecular weight excluding hydrogens is 248 g/mol. The van der Waals surface area contributed by atoms with E-state index in [1.165, 1.54) is 0 Å². The van der Waals surface area contributed by atoms with Gasteiger partial charge < -0.3 is 14.9 Å². The van der Waals surface area contributed by atoms with Crippen molar-refractivity contribution in [2.24, 2.45) is 5.92 Å². The zero-order chi connectivity index (χ0) is 13.8. The van der Waals surface area contributed by atoms with E-state index in [1.807, 2.05) is 0 Å². The maximum atomic E-state index is 12.2. The van der Waals surface area contributed by atoms with Gasteiger partial charge in [0, 0.05) is 38.3 Å². The van der Waals surface area contributed by atoms with Crippen LogP contribution in [-0.2, 0) is 11.3 Å². The van der Waals surface area contributed by atoms with E-state index in [-0.39, 0.29) is 18.4 Å². The molecule has 2 amide bonds. The van der Waals surface area contributed by atoms with Crippen LogP contribution in [0, 0.1) is 5.92 Å². The number of amides is 2. The van der Waals surface area contributed by atoms with Crippen LogP contribution in [0.3, 0.4) is 0 Å². The van der Waals surface area contributed by atoms with E-state index in [2.05, 4.69) is 10.2 Å². The van der Waals surface area contributed by atoms with Crippen molar-refractivity contribution >= 4 is 12.0 Å². The first-order chi connectivity index (χ1) is 9.06. The second-order valence-corrected chi connectivity index (χ2v) is 4.94. The quantitative estimate of drug-likeness (QED) is 0.841. The highest BCUT2D eigenvalue weighted by atomic mass is 16.4. The fraction of sp³-hybridized carbons (Fsp3) is 0.583. The number of hydrogen-bond acceptors (Lipinski definition) is 3. The van der Waals surface area contributed by atoms with Crippen molar-refractivity contribution in [3.8, 4) is 0 Å². The van der Waals surface area contributed by atoms with Gasteiger partial charge >= 0.3 is 12.0 Å². The molecule has 7 nitrogen and oxygen atoms in total. The van der Waals surface area contributed by atoms with Gasteiger partial charge in [-0.25, -0.2) is 4.79 Å². The van der Waals surface area contributed by atoms with Crippen LogP contribution in [0.5, 0.6) is 0 Å². The molecular formula is C12H18N4O3. The summed E-state index contributed by atoms with van der Waals surface area (Å²) in [6, 6.07) is -0.0610. The first-order valence-corrected chi connectivity index (χ1v) is 6.25. The van der Waals surface area contributed by atoms with E-state index < -0.39 is 5.97 Å². The average molecular weight is 266 g/mol. The Balaban J connectivity index is 1.85. The number of rotatable bonds is 4. The second-order valence-electron chi connectivity index (χ2n) is 4.94. The minimum atomic E-state index is -0.800. The van der Waals surface area contributed by atoms with Crippen molar-refractivity contribution in [1.82, 2.24) is 20.0 Å². The molecule has 1 atom stereocenters. The van der Waals surface area contributed by atoms with Crippen molar-refractivity contribution in [3.63, 3.8) is 0 Å². The number of carboxylic acids is 1. The van der Waals surface area contributed by atoms with Crippen molar-refractivity contribution in [2.75, 3.05) is 20.1 Å². The van der Waals surface area contributed by atoms with Crippen molar-refractivity contribution < 1.29 is 14.7 Å². The molecule has 104 valence electrons. The first-order valence-electron chi connectivity index (χ1n) is 6.25. The van der Waals surface area contributed by atoms with E-state index in [1.54, 1.807) is 29.2 Å². The molecule has 7 heteroatoms. The molecule has 2 rings (SSSR count). The van der Waals surface area contributed by atoms with Crippen molar-refractivity contribution in [3.05, 3.63) is 18.0 Å².